The van der Waals surface area contributed by atoms with Crippen LogP contribution in [0, 0.1) is 0 Å². The molecule has 1 aromatic rings. The van der Waals surface area contributed by atoms with E-state index in [-0.39, 0.29) is 23.0 Å². The van der Waals surface area contributed by atoms with Crippen molar-refractivity contribution in [2.75, 3.05) is 0 Å². The minimum absolute atomic E-state index is 0.0337. The number of hydrogen-bond donors (Lipinski definition) is 1. The maximum atomic E-state index is 12.7. The maximum Gasteiger partial charge on any atom is 0.260 e. The van der Waals surface area contributed by atoms with Gasteiger partial charge in [-0.05, 0) is 26.2 Å². The van der Waals surface area contributed by atoms with Crippen LogP contribution in [0.4, 0.5) is 0 Å². The van der Waals surface area contributed by atoms with E-state index in [0.29, 0.717) is 5.56 Å². The smallest absolute Gasteiger partial charge is 0.260 e. The summed E-state index contributed by atoms with van der Waals surface area (Å²) in [6.45, 7) is 3.96. The second-order valence-electron chi connectivity index (χ2n) is 4.68. The van der Waals surface area contributed by atoms with Gasteiger partial charge >= 0.3 is 0 Å². The quantitative estimate of drug-likeness (QED) is 0.864. The first kappa shape index (κ1) is 13.8. The number of sulfonamides is 1. The fourth-order valence-electron chi connectivity index (χ4n) is 2.59. The van der Waals surface area contributed by atoms with E-state index >= 15 is 0 Å². The molecule has 18 heavy (non-hydrogen) atoms. The third kappa shape index (κ3) is 2.17. The van der Waals surface area contributed by atoms with Crippen molar-refractivity contribution in [3.63, 3.8) is 0 Å². The number of halogens is 1. The average Bonchev–Trinajstić information content (AvgIpc) is 2.94. The molecular formula is C11H18ClN3O2S. The summed E-state index contributed by atoms with van der Waals surface area (Å²) >= 11 is 5.75. The number of rotatable bonds is 4. The first-order valence-corrected chi connectivity index (χ1v) is 8.11. The van der Waals surface area contributed by atoms with Crippen molar-refractivity contribution in [3.05, 3.63) is 11.8 Å². The molecule has 0 amide bonds. The monoisotopic (exact) mass is 291 g/mol. The molecule has 0 bridgehead atoms. The largest absolute Gasteiger partial charge is 0.266 e. The Morgan fingerprint density at radius 2 is 2.28 bits per heavy atom. The molecule has 102 valence electrons. The van der Waals surface area contributed by atoms with Gasteiger partial charge in [0.2, 0.25) is 0 Å². The number of nitrogens with one attached hydrogen (secondary N) is 1. The molecule has 7 heteroatoms. The van der Waals surface area contributed by atoms with Gasteiger partial charge in [0.15, 0.2) is 5.03 Å². The summed E-state index contributed by atoms with van der Waals surface area (Å²) in [4.78, 5) is 0. The minimum Gasteiger partial charge on any atom is -0.266 e. The Kier molecular flexibility index (Phi) is 3.99. The van der Waals surface area contributed by atoms with Crippen LogP contribution in [0.2, 0.25) is 0 Å². The highest BCUT2D eigenvalue weighted by atomic mass is 35.5. The van der Waals surface area contributed by atoms with E-state index in [1.807, 2.05) is 13.8 Å². The summed E-state index contributed by atoms with van der Waals surface area (Å²) in [7, 11) is -3.52. The van der Waals surface area contributed by atoms with Crippen LogP contribution in [-0.2, 0) is 15.9 Å². The van der Waals surface area contributed by atoms with Crippen LogP contribution in [0.15, 0.2) is 11.2 Å². The Morgan fingerprint density at radius 1 is 1.56 bits per heavy atom. The Morgan fingerprint density at radius 3 is 2.89 bits per heavy atom. The number of aromatic amines is 1. The van der Waals surface area contributed by atoms with Gasteiger partial charge in [0.05, 0.1) is 12.1 Å². The molecule has 0 aromatic carbocycles. The Labute approximate surface area is 113 Å². The first-order valence-electron chi connectivity index (χ1n) is 6.14. The molecular weight excluding hydrogens is 274 g/mol. The number of nitrogens with zero attached hydrogens (tertiary/aromatic N) is 2. The van der Waals surface area contributed by atoms with Crippen molar-refractivity contribution in [1.82, 2.24) is 14.5 Å². The van der Waals surface area contributed by atoms with Crippen molar-refractivity contribution in [2.24, 2.45) is 0 Å². The lowest BCUT2D eigenvalue weighted by atomic mass is 10.2. The molecule has 1 N–H and O–H groups in total. The van der Waals surface area contributed by atoms with Gasteiger partial charge in [0.1, 0.15) is 0 Å². The molecule has 1 aliphatic rings. The van der Waals surface area contributed by atoms with Gasteiger partial charge in [-0.15, -0.1) is 11.6 Å². The van der Waals surface area contributed by atoms with E-state index in [1.165, 1.54) is 6.20 Å². The average molecular weight is 292 g/mol. The van der Waals surface area contributed by atoms with E-state index in [1.54, 1.807) is 4.31 Å². The molecule has 2 unspecified atom stereocenters. The number of aromatic nitrogens is 2. The Bertz CT molecular complexity index is 514. The van der Waals surface area contributed by atoms with Crippen molar-refractivity contribution < 1.29 is 8.42 Å². The maximum absolute atomic E-state index is 12.7. The Balaban J connectivity index is 2.42. The molecule has 0 radical (unpaired) electrons. The highest BCUT2D eigenvalue weighted by Gasteiger charge is 2.40. The van der Waals surface area contributed by atoms with Crippen molar-refractivity contribution in [3.8, 4) is 0 Å². The number of H-pyrrole nitrogens is 1. The van der Waals surface area contributed by atoms with E-state index in [9.17, 15) is 8.42 Å². The summed E-state index contributed by atoms with van der Waals surface area (Å²) in [5, 5.41) is 6.51. The Hall–Kier alpha value is -0.590. The molecule has 0 spiro atoms. The molecule has 0 saturated carbocycles. The topological polar surface area (TPSA) is 66.1 Å². The SMILES string of the molecule is CCC1CCC(C)N1S(=O)(=O)c1[nH]ncc1CCl. The van der Waals surface area contributed by atoms with E-state index in [2.05, 4.69) is 10.2 Å². The van der Waals surface area contributed by atoms with Crippen LogP contribution >= 0.6 is 11.6 Å². The molecule has 2 heterocycles. The third-order valence-corrected chi connectivity index (χ3v) is 5.91. The fraction of sp³-hybridized carbons (Fsp3) is 0.727. The van der Waals surface area contributed by atoms with Gasteiger partial charge in [-0.25, -0.2) is 8.42 Å². The van der Waals surface area contributed by atoms with Gasteiger partial charge in [0, 0.05) is 17.6 Å². The normalized spacial score (nSPS) is 25.7. The summed E-state index contributed by atoms with van der Waals surface area (Å²) in [6.07, 6.45) is 4.12. The van der Waals surface area contributed by atoms with Crippen LogP contribution in [0.5, 0.6) is 0 Å². The highest BCUT2D eigenvalue weighted by molar-refractivity contribution is 7.89. The van der Waals surface area contributed by atoms with Gasteiger partial charge in [-0.3, -0.25) is 5.10 Å². The van der Waals surface area contributed by atoms with Crippen LogP contribution in [0.1, 0.15) is 38.7 Å². The third-order valence-electron chi connectivity index (χ3n) is 3.54. The van der Waals surface area contributed by atoms with Gasteiger partial charge < -0.3 is 0 Å². The van der Waals surface area contributed by atoms with Crippen LogP contribution in [0.3, 0.4) is 0 Å². The predicted molar refractivity (Wildman–Crippen MR) is 69.9 cm³/mol. The first-order chi connectivity index (χ1) is 8.52. The molecule has 2 atom stereocenters. The van der Waals surface area contributed by atoms with Gasteiger partial charge in [-0.2, -0.15) is 9.40 Å². The minimum atomic E-state index is -3.52. The number of alkyl halides is 1. The van der Waals surface area contributed by atoms with E-state index in [4.69, 9.17) is 11.6 Å². The second-order valence-corrected chi connectivity index (χ2v) is 6.73. The summed E-state index contributed by atoms with van der Waals surface area (Å²) in [6, 6.07) is 0.114. The molecule has 1 fully saturated rings. The second kappa shape index (κ2) is 5.19. The molecule has 0 aliphatic carbocycles. The lowest BCUT2D eigenvalue weighted by molar-refractivity contribution is 0.327. The lowest BCUT2D eigenvalue weighted by Gasteiger charge is -2.26. The van der Waals surface area contributed by atoms with Gasteiger partial charge in [-0.1, -0.05) is 6.92 Å². The van der Waals surface area contributed by atoms with Crippen LogP contribution in [0.25, 0.3) is 0 Å². The zero-order valence-electron chi connectivity index (χ0n) is 10.6. The summed E-state index contributed by atoms with van der Waals surface area (Å²) in [5.41, 5.74) is 0.533. The molecule has 1 saturated heterocycles. The van der Waals surface area contributed by atoms with Crippen molar-refractivity contribution in [2.45, 2.75) is 56.1 Å². The van der Waals surface area contributed by atoms with Crippen molar-refractivity contribution >= 4 is 21.6 Å². The zero-order valence-corrected chi connectivity index (χ0v) is 12.1. The molecule has 1 aromatic heterocycles. The van der Waals surface area contributed by atoms with Crippen LogP contribution < -0.4 is 0 Å². The summed E-state index contributed by atoms with van der Waals surface area (Å²) in [5.74, 6) is 0.143. The van der Waals surface area contributed by atoms with E-state index < -0.39 is 10.0 Å². The number of hydrogen-bond acceptors (Lipinski definition) is 3. The zero-order chi connectivity index (χ0) is 13.3. The highest BCUT2D eigenvalue weighted by Crippen LogP contribution is 2.32. The molecule has 2 rings (SSSR count). The summed E-state index contributed by atoms with van der Waals surface area (Å²) < 4.78 is 26.9. The molecule has 5 nitrogen and oxygen atoms in total. The van der Waals surface area contributed by atoms with Gasteiger partial charge in [0.25, 0.3) is 10.0 Å². The molecule has 1 aliphatic heterocycles. The lowest BCUT2D eigenvalue weighted by Crippen LogP contribution is -2.40. The predicted octanol–water partition coefficient (Wildman–Crippen LogP) is 2.10. The fourth-order valence-corrected chi connectivity index (χ4v) is 4.93. The standard InChI is InChI=1S/C11H18ClN3O2S/c1-3-10-5-4-8(2)15(10)18(16,17)11-9(6-12)7-13-14-11/h7-8,10H,3-6H2,1-2H3,(H,13,14). The van der Waals surface area contributed by atoms with Crippen molar-refractivity contribution in [1.29, 1.82) is 0 Å². The van der Waals surface area contributed by atoms with Crippen LogP contribution in [-0.4, -0.2) is 35.0 Å². The van der Waals surface area contributed by atoms with E-state index in [0.717, 1.165) is 19.3 Å².